The molecule has 0 saturated carbocycles. The van der Waals surface area contributed by atoms with Crippen LogP contribution in [-0.4, -0.2) is 45.7 Å². The molecule has 0 heterocycles. The van der Waals surface area contributed by atoms with Gasteiger partial charge in [-0.25, -0.2) is 4.39 Å². The third kappa shape index (κ3) is 8.82. The van der Waals surface area contributed by atoms with Gasteiger partial charge < -0.3 is 25.0 Å². The summed E-state index contributed by atoms with van der Waals surface area (Å²) in [6.45, 7) is -1.83. The number of guanidine groups is 1. The highest BCUT2D eigenvalue weighted by Crippen LogP contribution is 2.25. The third-order valence-electron chi connectivity index (χ3n) is 4.21. The van der Waals surface area contributed by atoms with Crippen molar-refractivity contribution < 1.29 is 22.6 Å². The lowest BCUT2D eigenvalue weighted by molar-refractivity contribution is -0.0505. The molecule has 0 fully saturated rings. The first kappa shape index (κ1) is 26.8. The molecule has 2 aromatic rings. The minimum absolute atomic E-state index is 0. The molecule has 10 heteroatoms. The number of hydrogen-bond donors (Lipinski definition) is 2. The Labute approximate surface area is 197 Å². The zero-order valence-corrected chi connectivity index (χ0v) is 20.2. The maximum atomic E-state index is 13.9. The number of methoxy groups -OCH3 is 1. The summed E-state index contributed by atoms with van der Waals surface area (Å²) in [4.78, 5) is 6.02. The SMILES string of the molecule is CN=C(NCc1ccc(F)c(CN(C)C)c1)NCc1cc(OC)ccc1OC(F)F.I. The summed E-state index contributed by atoms with van der Waals surface area (Å²) in [5.41, 5.74) is 1.99. The highest BCUT2D eigenvalue weighted by molar-refractivity contribution is 14.0. The number of ether oxygens (including phenoxy) is 2. The van der Waals surface area contributed by atoms with Crippen molar-refractivity contribution in [3.05, 3.63) is 58.9 Å². The molecule has 0 aliphatic carbocycles. The van der Waals surface area contributed by atoms with Crippen molar-refractivity contribution in [2.24, 2.45) is 4.99 Å². The lowest BCUT2D eigenvalue weighted by Gasteiger charge is -2.16. The Balaban J connectivity index is 0.00000480. The van der Waals surface area contributed by atoms with Crippen LogP contribution in [0.15, 0.2) is 41.4 Å². The van der Waals surface area contributed by atoms with E-state index in [2.05, 4.69) is 20.4 Å². The first-order valence-electron chi connectivity index (χ1n) is 9.30. The van der Waals surface area contributed by atoms with Crippen LogP contribution in [0.3, 0.4) is 0 Å². The van der Waals surface area contributed by atoms with Crippen molar-refractivity contribution >= 4 is 29.9 Å². The molecule has 0 atom stereocenters. The Morgan fingerprint density at radius 2 is 1.77 bits per heavy atom. The lowest BCUT2D eigenvalue weighted by atomic mass is 10.1. The van der Waals surface area contributed by atoms with E-state index in [4.69, 9.17) is 4.74 Å². The van der Waals surface area contributed by atoms with Crippen molar-refractivity contribution in [1.82, 2.24) is 15.5 Å². The van der Waals surface area contributed by atoms with Gasteiger partial charge in [-0.1, -0.05) is 6.07 Å². The molecule has 0 radical (unpaired) electrons. The fraction of sp³-hybridized carbons (Fsp3) is 0.381. The van der Waals surface area contributed by atoms with Gasteiger partial charge in [0, 0.05) is 37.8 Å². The van der Waals surface area contributed by atoms with Crippen LogP contribution < -0.4 is 20.1 Å². The molecule has 0 bridgehead atoms. The normalized spacial score (nSPS) is 11.3. The largest absolute Gasteiger partial charge is 0.497 e. The zero-order chi connectivity index (χ0) is 22.1. The van der Waals surface area contributed by atoms with E-state index in [0.29, 0.717) is 35.9 Å². The second kappa shape index (κ2) is 13.3. The summed E-state index contributed by atoms with van der Waals surface area (Å²) in [5, 5.41) is 6.18. The molecule has 0 aliphatic rings. The third-order valence-corrected chi connectivity index (χ3v) is 4.21. The zero-order valence-electron chi connectivity index (χ0n) is 17.9. The van der Waals surface area contributed by atoms with Crippen molar-refractivity contribution in [2.75, 3.05) is 28.3 Å². The summed E-state index contributed by atoms with van der Waals surface area (Å²) in [7, 11) is 6.84. The predicted molar refractivity (Wildman–Crippen MR) is 126 cm³/mol. The molecule has 0 aromatic heterocycles. The van der Waals surface area contributed by atoms with Crippen LogP contribution in [0.1, 0.15) is 16.7 Å². The van der Waals surface area contributed by atoms with Crippen LogP contribution in [0.25, 0.3) is 0 Å². The van der Waals surface area contributed by atoms with Crippen molar-refractivity contribution in [1.29, 1.82) is 0 Å². The predicted octanol–water partition coefficient (Wildman–Crippen LogP) is 3.98. The molecule has 0 spiro atoms. The van der Waals surface area contributed by atoms with E-state index in [0.717, 1.165) is 5.56 Å². The molecule has 2 aromatic carbocycles. The monoisotopic (exact) mass is 552 g/mol. The van der Waals surface area contributed by atoms with Gasteiger partial charge in [0.25, 0.3) is 0 Å². The van der Waals surface area contributed by atoms with Gasteiger partial charge in [0.2, 0.25) is 0 Å². The summed E-state index contributed by atoms with van der Waals surface area (Å²) in [5.74, 6) is 0.788. The van der Waals surface area contributed by atoms with Crippen LogP contribution in [-0.2, 0) is 19.6 Å². The van der Waals surface area contributed by atoms with Crippen LogP contribution >= 0.6 is 24.0 Å². The Kier molecular flexibility index (Phi) is 11.5. The van der Waals surface area contributed by atoms with E-state index in [1.807, 2.05) is 19.0 Å². The minimum Gasteiger partial charge on any atom is -0.497 e. The fourth-order valence-corrected chi connectivity index (χ4v) is 2.82. The molecule has 172 valence electrons. The van der Waals surface area contributed by atoms with E-state index < -0.39 is 6.61 Å². The molecular formula is C21H28F3IN4O2. The average molecular weight is 552 g/mol. The van der Waals surface area contributed by atoms with Crippen molar-refractivity contribution in [3.8, 4) is 11.5 Å². The van der Waals surface area contributed by atoms with Gasteiger partial charge >= 0.3 is 6.61 Å². The molecule has 6 nitrogen and oxygen atoms in total. The highest BCUT2D eigenvalue weighted by atomic mass is 127. The smallest absolute Gasteiger partial charge is 0.387 e. The van der Waals surface area contributed by atoms with Gasteiger partial charge in [0.15, 0.2) is 5.96 Å². The van der Waals surface area contributed by atoms with Gasteiger partial charge in [-0.15, -0.1) is 24.0 Å². The molecule has 0 saturated heterocycles. The second-order valence-corrected chi connectivity index (χ2v) is 6.80. The van der Waals surface area contributed by atoms with E-state index in [1.165, 1.54) is 19.2 Å². The van der Waals surface area contributed by atoms with E-state index in [-0.39, 0.29) is 42.1 Å². The maximum Gasteiger partial charge on any atom is 0.387 e. The molecular weight excluding hydrogens is 524 g/mol. The minimum atomic E-state index is -2.93. The van der Waals surface area contributed by atoms with Gasteiger partial charge in [-0.05, 0) is 50.0 Å². The summed E-state index contributed by atoms with van der Waals surface area (Å²) in [6.07, 6.45) is 0. The standard InChI is InChI=1S/C21H27F3N4O2.HI/c1-25-21(26-11-14-5-7-18(22)16(9-14)13-28(2)3)27-12-15-10-17(29-4)6-8-19(15)30-20(23)24;/h5-10,20H,11-13H2,1-4H3,(H2,25,26,27);1H. The number of aliphatic imine (C=N–C) groups is 1. The quantitative estimate of drug-likeness (QED) is 0.280. The molecule has 31 heavy (non-hydrogen) atoms. The van der Waals surface area contributed by atoms with E-state index in [9.17, 15) is 13.2 Å². The van der Waals surface area contributed by atoms with E-state index in [1.54, 1.807) is 31.3 Å². The maximum absolute atomic E-state index is 13.9. The Morgan fingerprint density at radius 1 is 1.06 bits per heavy atom. The van der Waals surface area contributed by atoms with Crippen LogP contribution in [0.2, 0.25) is 0 Å². The highest BCUT2D eigenvalue weighted by Gasteiger charge is 2.12. The summed E-state index contributed by atoms with van der Waals surface area (Å²) in [6, 6.07) is 9.54. The van der Waals surface area contributed by atoms with Crippen molar-refractivity contribution in [2.45, 2.75) is 26.2 Å². The number of halogens is 4. The van der Waals surface area contributed by atoms with Gasteiger partial charge in [0.05, 0.1) is 7.11 Å². The van der Waals surface area contributed by atoms with Gasteiger partial charge in [-0.2, -0.15) is 8.78 Å². The van der Waals surface area contributed by atoms with Gasteiger partial charge in [0.1, 0.15) is 17.3 Å². The second-order valence-electron chi connectivity index (χ2n) is 6.80. The first-order chi connectivity index (χ1) is 14.3. The first-order valence-corrected chi connectivity index (χ1v) is 9.30. The Morgan fingerprint density at radius 3 is 2.39 bits per heavy atom. The molecule has 0 aliphatic heterocycles. The number of nitrogens with zero attached hydrogens (tertiary/aromatic N) is 2. The molecule has 0 amide bonds. The Hall–Kier alpha value is -2.21. The molecule has 0 unspecified atom stereocenters. The number of hydrogen-bond acceptors (Lipinski definition) is 4. The number of nitrogens with one attached hydrogen (secondary N) is 2. The van der Waals surface area contributed by atoms with Crippen molar-refractivity contribution in [3.63, 3.8) is 0 Å². The summed E-state index contributed by atoms with van der Waals surface area (Å²) < 4.78 is 49.0. The van der Waals surface area contributed by atoms with E-state index >= 15 is 0 Å². The van der Waals surface area contributed by atoms with Crippen LogP contribution in [0.4, 0.5) is 13.2 Å². The average Bonchev–Trinajstić information content (AvgIpc) is 2.70. The fourth-order valence-electron chi connectivity index (χ4n) is 2.82. The van der Waals surface area contributed by atoms with Crippen LogP contribution in [0.5, 0.6) is 11.5 Å². The number of rotatable bonds is 9. The topological polar surface area (TPSA) is 58.1 Å². The number of alkyl halides is 2. The number of benzene rings is 2. The molecule has 2 N–H and O–H groups in total. The Bertz CT molecular complexity index is 867. The van der Waals surface area contributed by atoms with Crippen LogP contribution in [0, 0.1) is 5.82 Å². The van der Waals surface area contributed by atoms with Gasteiger partial charge in [-0.3, -0.25) is 4.99 Å². The summed E-state index contributed by atoms with van der Waals surface area (Å²) >= 11 is 0. The lowest BCUT2D eigenvalue weighted by Crippen LogP contribution is -2.36. The molecule has 2 rings (SSSR count).